The average molecular weight is 289 g/mol. The number of benzene rings is 1. The Balaban J connectivity index is 2.20. The molecule has 0 aliphatic carbocycles. The summed E-state index contributed by atoms with van der Waals surface area (Å²) in [6.45, 7) is 5.90. The van der Waals surface area contributed by atoms with Gasteiger partial charge in [-0.2, -0.15) is 0 Å². The number of methoxy groups -OCH3 is 1. The van der Waals surface area contributed by atoms with Crippen LogP contribution in [0.4, 0.5) is 4.79 Å². The molecule has 0 atom stereocenters. The van der Waals surface area contributed by atoms with Crippen molar-refractivity contribution in [2.75, 3.05) is 20.2 Å². The largest absolute Gasteiger partial charge is 0.497 e. The molecule has 1 heterocycles. The van der Waals surface area contributed by atoms with Gasteiger partial charge in [-0.15, -0.1) is 0 Å². The first-order valence-electron chi connectivity index (χ1n) is 7.25. The van der Waals surface area contributed by atoms with E-state index < -0.39 is 0 Å². The number of amides is 2. The lowest BCUT2D eigenvalue weighted by atomic mass is 10.1. The predicted octanol–water partition coefficient (Wildman–Crippen LogP) is 2.74. The van der Waals surface area contributed by atoms with Gasteiger partial charge in [-0.3, -0.25) is 0 Å². The molecule has 0 radical (unpaired) electrons. The summed E-state index contributed by atoms with van der Waals surface area (Å²) >= 11 is 0. The average Bonchev–Trinajstić information content (AvgIpc) is 2.82. The van der Waals surface area contributed by atoms with Crippen LogP contribution in [-0.2, 0) is 13.6 Å². The van der Waals surface area contributed by atoms with Crippen LogP contribution >= 0.6 is 0 Å². The maximum Gasteiger partial charge on any atom is 0.317 e. The number of urea groups is 1. The van der Waals surface area contributed by atoms with Gasteiger partial charge in [0.15, 0.2) is 0 Å². The third-order valence-electron chi connectivity index (χ3n) is 3.76. The van der Waals surface area contributed by atoms with Gasteiger partial charge in [0.1, 0.15) is 5.75 Å². The van der Waals surface area contributed by atoms with Gasteiger partial charge in [0.05, 0.1) is 7.11 Å². The number of aryl methyl sites for hydroxylation is 1. The SMILES string of the molecule is CCN(CC)C(=O)NCc1cn(C)c2ccc(OC)cc12. The molecule has 2 rings (SSSR count). The molecule has 5 nitrogen and oxygen atoms in total. The maximum absolute atomic E-state index is 12.0. The summed E-state index contributed by atoms with van der Waals surface area (Å²) in [5.74, 6) is 0.824. The maximum atomic E-state index is 12.0. The van der Waals surface area contributed by atoms with Crippen molar-refractivity contribution in [2.24, 2.45) is 7.05 Å². The summed E-state index contributed by atoms with van der Waals surface area (Å²) in [5.41, 5.74) is 2.22. The van der Waals surface area contributed by atoms with Crippen LogP contribution in [0.25, 0.3) is 10.9 Å². The first kappa shape index (κ1) is 15.2. The molecule has 2 aromatic rings. The highest BCUT2D eigenvalue weighted by atomic mass is 16.5. The minimum Gasteiger partial charge on any atom is -0.497 e. The minimum atomic E-state index is -0.0279. The van der Waals surface area contributed by atoms with Crippen molar-refractivity contribution in [3.05, 3.63) is 30.0 Å². The summed E-state index contributed by atoms with van der Waals surface area (Å²) in [6, 6.07) is 5.96. The first-order chi connectivity index (χ1) is 10.1. The fourth-order valence-corrected chi connectivity index (χ4v) is 2.51. The topological polar surface area (TPSA) is 46.5 Å². The lowest BCUT2D eigenvalue weighted by Gasteiger charge is -2.19. The first-order valence-corrected chi connectivity index (χ1v) is 7.25. The van der Waals surface area contributed by atoms with Crippen molar-refractivity contribution >= 4 is 16.9 Å². The molecule has 0 aliphatic rings. The lowest BCUT2D eigenvalue weighted by Crippen LogP contribution is -2.39. The van der Waals surface area contributed by atoms with Gasteiger partial charge in [-0.1, -0.05) is 0 Å². The monoisotopic (exact) mass is 289 g/mol. The summed E-state index contributed by atoms with van der Waals surface area (Å²) in [4.78, 5) is 13.8. The molecular weight excluding hydrogens is 266 g/mol. The number of hydrogen-bond acceptors (Lipinski definition) is 2. The molecular formula is C16H23N3O2. The van der Waals surface area contributed by atoms with E-state index in [0.717, 1.165) is 22.2 Å². The van der Waals surface area contributed by atoms with Crippen molar-refractivity contribution in [3.8, 4) is 5.75 Å². The summed E-state index contributed by atoms with van der Waals surface area (Å²) in [7, 11) is 3.66. The molecule has 114 valence electrons. The minimum absolute atomic E-state index is 0.0279. The van der Waals surface area contributed by atoms with E-state index in [1.165, 1.54) is 0 Å². The van der Waals surface area contributed by atoms with E-state index in [1.807, 2.05) is 45.3 Å². The van der Waals surface area contributed by atoms with Crippen LogP contribution in [0.15, 0.2) is 24.4 Å². The van der Waals surface area contributed by atoms with Gasteiger partial charge >= 0.3 is 6.03 Å². The summed E-state index contributed by atoms with van der Waals surface area (Å²) < 4.78 is 7.34. The normalized spacial score (nSPS) is 10.7. The Morgan fingerprint density at radius 1 is 1.33 bits per heavy atom. The second-order valence-corrected chi connectivity index (χ2v) is 4.98. The number of fused-ring (bicyclic) bond motifs is 1. The van der Waals surface area contributed by atoms with Gasteiger partial charge in [0.25, 0.3) is 0 Å². The molecule has 2 amide bonds. The van der Waals surface area contributed by atoms with Gasteiger partial charge < -0.3 is 19.5 Å². The second-order valence-electron chi connectivity index (χ2n) is 4.98. The lowest BCUT2D eigenvalue weighted by molar-refractivity contribution is 0.203. The highest BCUT2D eigenvalue weighted by Gasteiger charge is 2.12. The van der Waals surface area contributed by atoms with E-state index in [2.05, 4.69) is 9.88 Å². The zero-order valence-corrected chi connectivity index (χ0v) is 13.1. The van der Waals surface area contributed by atoms with E-state index in [0.29, 0.717) is 19.6 Å². The summed E-state index contributed by atoms with van der Waals surface area (Å²) in [6.07, 6.45) is 2.05. The van der Waals surface area contributed by atoms with Gasteiger partial charge in [-0.05, 0) is 37.6 Å². The number of aromatic nitrogens is 1. The fourth-order valence-electron chi connectivity index (χ4n) is 2.51. The van der Waals surface area contributed by atoms with Crippen molar-refractivity contribution in [1.82, 2.24) is 14.8 Å². The molecule has 0 unspecified atom stereocenters. The molecule has 0 bridgehead atoms. The molecule has 1 aromatic heterocycles. The Hall–Kier alpha value is -2.17. The van der Waals surface area contributed by atoms with Crippen molar-refractivity contribution in [1.29, 1.82) is 0 Å². The predicted molar refractivity (Wildman–Crippen MR) is 84.6 cm³/mol. The van der Waals surface area contributed by atoms with E-state index >= 15 is 0 Å². The number of nitrogens with one attached hydrogen (secondary N) is 1. The quantitative estimate of drug-likeness (QED) is 0.920. The number of hydrogen-bond donors (Lipinski definition) is 1. The molecule has 0 saturated carbocycles. The number of carbonyl (C=O) groups is 1. The molecule has 1 aromatic carbocycles. The Kier molecular flexibility index (Phi) is 4.73. The number of nitrogens with zero attached hydrogens (tertiary/aromatic N) is 2. The molecule has 1 N–H and O–H groups in total. The van der Waals surface area contributed by atoms with Crippen molar-refractivity contribution in [2.45, 2.75) is 20.4 Å². The van der Waals surface area contributed by atoms with Gasteiger partial charge in [0.2, 0.25) is 0 Å². The van der Waals surface area contributed by atoms with E-state index in [-0.39, 0.29) is 6.03 Å². The van der Waals surface area contributed by atoms with E-state index in [1.54, 1.807) is 12.0 Å². The van der Waals surface area contributed by atoms with Crippen LogP contribution in [0, 0.1) is 0 Å². The molecule has 0 aliphatic heterocycles. The van der Waals surface area contributed by atoms with Gasteiger partial charge in [0, 0.05) is 43.8 Å². The van der Waals surface area contributed by atoms with Crippen LogP contribution in [0.1, 0.15) is 19.4 Å². The zero-order chi connectivity index (χ0) is 15.4. The Morgan fingerprint density at radius 2 is 2.05 bits per heavy atom. The number of ether oxygens (including phenoxy) is 1. The molecule has 0 fully saturated rings. The Labute approximate surface area is 125 Å². The molecule has 0 saturated heterocycles. The number of rotatable bonds is 5. The van der Waals surface area contributed by atoms with E-state index in [4.69, 9.17) is 4.74 Å². The highest BCUT2D eigenvalue weighted by Crippen LogP contribution is 2.25. The zero-order valence-electron chi connectivity index (χ0n) is 13.1. The standard InChI is InChI=1S/C16H23N3O2/c1-5-19(6-2)16(20)17-10-12-11-18(3)15-8-7-13(21-4)9-14(12)15/h7-9,11H,5-6,10H2,1-4H3,(H,17,20). The Morgan fingerprint density at radius 3 is 2.67 bits per heavy atom. The van der Waals surface area contributed by atoms with Gasteiger partial charge in [-0.25, -0.2) is 4.79 Å². The molecule has 0 spiro atoms. The Bertz CT molecular complexity index is 630. The van der Waals surface area contributed by atoms with Crippen molar-refractivity contribution < 1.29 is 9.53 Å². The number of carbonyl (C=O) groups excluding carboxylic acids is 1. The summed E-state index contributed by atoms with van der Waals surface area (Å²) in [5, 5.41) is 4.08. The van der Waals surface area contributed by atoms with Crippen molar-refractivity contribution in [3.63, 3.8) is 0 Å². The molecule has 21 heavy (non-hydrogen) atoms. The smallest absolute Gasteiger partial charge is 0.317 e. The van der Waals surface area contributed by atoms with Crippen LogP contribution in [0.3, 0.4) is 0 Å². The van der Waals surface area contributed by atoms with Crippen LogP contribution in [-0.4, -0.2) is 35.7 Å². The third kappa shape index (κ3) is 3.12. The van der Waals surface area contributed by atoms with Crippen LogP contribution in [0.2, 0.25) is 0 Å². The van der Waals surface area contributed by atoms with Crippen LogP contribution < -0.4 is 10.1 Å². The van der Waals surface area contributed by atoms with E-state index in [9.17, 15) is 4.79 Å². The second kappa shape index (κ2) is 6.52. The third-order valence-corrected chi connectivity index (χ3v) is 3.76. The van der Waals surface area contributed by atoms with Crippen LogP contribution in [0.5, 0.6) is 5.75 Å². The highest BCUT2D eigenvalue weighted by molar-refractivity contribution is 5.86. The fraction of sp³-hybridized carbons (Fsp3) is 0.438. The molecule has 5 heteroatoms.